The van der Waals surface area contributed by atoms with Crippen molar-refractivity contribution in [2.24, 2.45) is 0 Å². The first-order valence-corrected chi connectivity index (χ1v) is 7.56. The minimum Gasteiger partial charge on any atom is -0.378 e. The number of anilines is 2. The van der Waals surface area contributed by atoms with Crippen LogP contribution in [0, 0.1) is 18.3 Å². The van der Waals surface area contributed by atoms with Crippen molar-refractivity contribution in [2.75, 3.05) is 10.6 Å². The van der Waals surface area contributed by atoms with Crippen molar-refractivity contribution in [3.8, 4) is 6.07 Å². The average molecular weight is 341 g/mol. The minimum absolute atomic E-state index is 0.0896. The Kier molecular flexibility index (Phi) is 5.20. The lowest BCUT2D eigenvalue weighted by atomic mass is 10.1. The average Bonchev–Trinajstić information content (AvgIpc) is 2.92. The maximum atomic E-state index is 12.4. The van der Waals surface area contributed by atoms with Gasteiger partial charge >= 0.3 is 0 Å². The van der Waals surface area contributed by atoms with E-state index >= 15 is 0 Å². The second kappa shape index (κ2) is 7.15. The summed E-state index contributed by atoms with van der Waals surface area (Å²) in [5.74, 6) is -0.839. The molecule has 25 heavy (non-hydrogen) atoms. The Hall–Kier alpha value is -3.18. The van der Waals surface area contributed by atoms with Crippen LogP contribution in [0.3, 0.4) is 0 Å². The highest BCUT2D eigenvalue weighted by Crippen LogP contribution is 2.17. The number of nitrogens with one attached hydrogen (secondary N) is 2. The van der Waals surface area contributed by atoms with E-state index in [1.165, 1.54) is 30.9 Å². The fraction of sp³-hybridized carbons (Fsp3) is 0.294. The number of nitrogens with zero attached hydrogens (tertiary/aromatic N) is 3. The quantitative estimate of drug-likeness (QED) is 0.759. The third-order valence-electron chi connectivity index (χ3n) is 3.52. The number of aromatic nitrogens is 2. The Morgan fingerprint density at radius 2 is 2.08 bits per heavy atom. The molecule has 0 aliphatic heterocycles. The Labute approximate surface area is 145 Å². The van der Waals surface area contributed by atoms with Crippen LogP contribution in [0.2, 0.25) is 0 Å². The van der Waals surface area contributed by atoms with E-state index in [1.807, 2.05) is 0 Å². The number of nitriles is 1. The Balaban J connectivity index is 2.06. The summed E-state index contributed by atoms with van der Waals surface area (Å²) in [5, 5.41) is 28.6. The maximum absolute atomic E-state index is 12.4. The fourth-order valence-corrected chi connectivity index (χ4v) is 2.24. The van der Waals surface area contributed by atoms with Gasteiger partial charge in [-0.25, -0.2) is 0 Å². The van der Waals surface area contributed by atoms with Crippen LogP contribution in [0.25, 0.3) is 0 Å². The number of amides is 2. The molecule has 8 heteroatoms. The Morgan fingerprint density at radius 3 is 2.68 bits per heavy atom. The van der Waals surface area contributed by atoms with Crippen molar-refractivity contribution < 1.29 is 14.7 Å². The Morgan fingerprint density at radius 1 is 1.36 bits per heavy atom. The van der Waals surface area contributed by atoms with Gasteiger partial charge in [-0.15, -0.1) is 0 Å². The smallest absolute Gasteiger partial charge is 0.257 e. The summed E-state index contributed by atoms with van der Waals surface area (Å²) in [5.41, 5.74) is 0.493. The third-order valence-corrected chi connectivity index (χ3v) is 3.52. The second-order valence-electron chi connectivity index (χ2n) is 5.98. The van der Waals surface area contributed by atoms with Crippen molar-refractivity contribution in [3.63, 3.8) is 0 Å². The lowest BCUT2D eigenvalue weighted by Gasteiger charge is -2.22. The predicted molar refractivity (Wildman–Crippen MR) is 91.7 cm³/mol. The second-order valence-corrected chi connectivity index (χ2v) is 5.98. The number of aryl methyl sites for hydroxylation is 1. The van der Waals surface area contributed by atoms with Gasteiger partial charge in [-0.05, 0) is 37.6 Å². The summed E-state index contributed by atoms with van der Waals surface area (Å²) in [7, 11) is 0. The third kappa shape index (κ3) is 4.65. The largest absolute Gasteiger partial charge is 0.378 e. The summed E-state index contributed by atoms with van der Waals surface area (Å²) < 4.78 is 1.37. The zero-order valence-electron chi connectivity index (χ0n) is 14.2. The van der Waals surface area contributed by atoms with Crippen LogP contribution in [0.4, 0.5) is 11.4 Å². The van der Waals surface area contributed by atoms with Crippen LogP contribution >= 0.6 is 0 Å². The van der Waals surface area contributed by atoms with E-state index in [4.69, 9.17) is 5.26 Å². The number of aliphatic hydroxyl groups is 1. The monoisotopic (exact) mass is 341 g/mol. The normalized spacial score (nSPS) is 12.8. The van der Waals surface area contributed by atoms with Crippen LogP contribution in [0.15, 0.2) is 30.6 Å². The molecule has 0 aliphatic carbocycles. The first kappa shape index (κ1) is 18.2. The van der Waals surface area contributed by atoms with Crippen molar-refractivity contribution in [2.45, 2.75) is 32.9 Å². The van der Waals surface area contributed by atoms with Crippen LogP contribution in [0.1, 0.15) is 25.0 Å². The molecule has 0 radical (unpaired) electrons. The molecule has 1 aromatic heterocycles. The van der Waals surface area contributed by atoms with E-state index in [-0.39, 0.29) is 12.5 Å². The van der Waals surface area contributed by atoms with E-state index in [9.17, 15) is 14.7 Å². The van der Waals surface area contributed by atoms with Crippen LogP contribution in [-0.4, -0.2) is 32.3 Å². The standard InChI is InChI=1S/C17H19N5O3/c1-11-6-14(5-4-13(11)7-18)21-16(24)17(3,25)10-22-9-15(8-19-22)20-12(2)23/h4-6,8-9,25H,10H2,1-3H3,(H,20,23)(H,21,24). The number of carbonyl (C=O) groups excluding carboxylic acids is 2. The van der Waals surface area contributed by atoms with Crippen molar-refractivity contribution in [3.05, 3.63) is 41.7 Å². The summed E-state index contributed by atoms with van der Waals surface area (Å²) in [6, 6.07) is 6.92. The molecule has 8 nitrogen and oxygen atoms in total. The van der Waals surface area contributed by atoms with Gasteiger partial charge in [0, 0.05) is 18.8 Å². The van der Waals surface area contributed by atoms with Gasteiger partial charge in [-0.1, -0.05) is 0 Å². The molecule has 1 aromatic carbocycles. The summed E-state index contributed by atoms with van der Waals surface area (Å²) >= 11 is 0. The summed E-state index contributed by atoms with van der Waals surface area (Å²) in [6.45, 7) is 4.42. The number of carbonyl (C=O) groups is 2. The maximum Gasteiger partial charge on any atom is 0.257 e. The number of rotatable bonds is 5. The molecular weight excluding hydrogens is 322 g/mol. The van der Waals surface area contributed by atoms with Crippen molar-refractivity contribution in [1.82, 2.24) is 9.78 Å². The fourth-order valence-electron chi connectivity index (χ4n) is 2.24. The zero-order valence-corrected chi connectivity index (χ0v) is 14.2. The molecule has 0 fully saturated rings. The summed E-state index contributed by atoms with van der Waals surface area (Å²) in [4.78, 5) is 23.4. The van der Waals surface area contributed by atoms with Gasteiger partial charge in [0.2, 0.25) is 5.91 Å². The van der Waals surface area contributed by atoms with Crippen LogP contribution in [0.5, 0.6) is 0 Å². The highest BCUT2D eigenvalue weighted by molar-refractivity contribution is 5.96. The molecule has 0 aliphatic rings. The van der Waals surface area contributed by atoms with E-state index in [2.05, 4.69) is 21.8 Å². The molecule has 0 bridgehead atoms. The molecule has 1 heterocycles. The molecule has 130 valence electrons. The molecule has 1 unspecified atom stereocenters. The van der Waals surface area contributed by atoms with Gasteiger partial charge in [-0.3, -0.25) is 14.3 Å². The molecule has 2 rings (SSSR count). The molecule has 0 saturated carbocycles. The molecule has 0 saturated heterocycles. The van der Waals surface area contributed by atoms with Gasteiger partial charge < -0.3 is 15.7 Å². The number of hydrogen-bond donors (Lipinski definition) is 3. The van der Waals surface area contributed by atoms with Crippen LogP contribution in [-0.2, 0) is 16.1 Å². The van der Waals surface area contributed by atoms with Gasteiger partial charge in [0.15, 0.2) is 5.60 Å². The number of benzene rings is 1. The van der Waals surface area contributed by atoms with E-state index in [0.29, 0.717) is 16.9 Å². The first-order valence-electron chi connectivity index (χ1n) is 7.56. The van der Waals surface area contributed by atoms with Crippen molar-refractivity contribution >= 4 is 23.2 Å². The van der Waals surface area contributed by atoms with E-state index < -0.39 is 11.5 Å². The van der Waals surface area contributed by atoms with E-state index in [1.54, 1.807) is 25.1 Å². The van der Waals surface area contributed by atoms with Crippen molar-refractivity contribution in [1.29, 1.82) is 5.26 Å². The van der Waals surface area contributed by atoms with Gasteiger partial charge in [0.05, 0.1) is 30.1 Å². The first-order chi connectivity index (χ1) is 11.7. The van der Waals surface area contributed by atoms with E-state index in [0.717, 1.165) is 5.56 Å². The van der Waals surface area contributed by atoms with Gasteiger partial charge in [0.1, 0.15) is 0 Å². The zero-order chi connectivity index (χ0) is 18.6. The topological polar surface area (TPSA) is 120 Å². The van der Waals surface area contributed by atoms with Gasteiger partial charge in [-0.2, -0.15) is 10.4 Å². The molecule has 3 N–H and O–H groups in total. The number of hydrogen-bond acceptors (Lipinski definition) is 5. The molecule has 0 spiro atoms. The molecular formula is C17H19N5O3. The lowest BCUT2D eigenvalue weighted by molar-refractivity contribution is -0.133. The predicted octanol–water partition coefficient (Wildman–Crippen LogP) is 1.41. The van der Waals surface area contributed by atoms with Crippen LogP contribution < -0.4 is 10.6 Å². The Bertz CT molecular complexity index is 848. The highest BCUT2D eigenvalue weighted by Gasteiger charge is 2.31. The molecule has 2 aromatic rings. The van der Waals surface area contributed by atoms with Gasteiger partial charge in [0.25, 0.3) is 5.91 Å². The molecule has 1 atom stereocenters. The summed E-state index contributed by atoms with van der Waals surface area (Å²) in [6.07, 6.45) is 2.95. The highest BCUT2D eigenvalue weighted by atomic mass is 16.3. The molecule has 2 amide bonds. The SMILES string of the molecule is CC(=O)Nc1cnn(CC(C)(O)C(=O)Nc2ccc(C#N)c(C)c2)c1. The lowest BCUT2D eigenvalue weighted by Crippen LogP contribution is -2.43. The minimum atomic E-state index is -1.72.